The molecule has 4 nitrogen and oxygen atoms in total. The largest absolute Gasteiger partial charge is 0.453 e. The van der Waals surface area contributed by atoms with Gasteiger partial charge in [0, 0.05) is 18.3 Å². The van der Waals surface area contributed by atoms with Gasteiger partial charge >= 0.3 is 0 Å². The van der Waals surface area contributed by atoms with E-state index in [0.29, 0.717) is 5.75 Å². The Morgan fingerprint density at radius 2 is 2.10 bits per heavy atom. The maximum atomic E-state index is 13.8. The van der Waals surface area contributed by atoms with Gasteiger partial charge in [-0.2, -0.15) is 0 Å². The molecule has 0 unspecified atom stereocenters. The van der Waals surface area contributed by atoms with E-state index in [1.807, 2.05) is 6.07 Å². The fraction of sp³-hybridized carbons (Fsp3) is 0. The van der Waals surface area contributed by atoms with Crippen molar-refractivity contribution in [3.05, 3.63) is 50.1 Å². The Morgan fingerprint density at radius 3 is 2.85 bits per heavy atom. The molecule has 0 saturated heterocycles. The molecule has 0 atom stereocenters. The molecule has 0 spiro atoms. The predicted molar refractivity (Wildman–Crippen MR) is 84.3 cm³/mol. The van der Waals surface area contributed by atoms with Crippen LogP contribution in [-0.4, -0.2) is 4.98 Å². The normalized spacial score (nSPS) is 10.7. The van der Waals surface area contributed by atoms with E-state index in [4.69, 9.17) is 4.74 Å². The number of pyridine rings is 1. The first-order valence-corrected chi connectivity index (χ1v) is 7.42. The molecule has 0 radical (unpaired) electrons. The first-order chi connectivity index (χ1) is 9.67. The molecule has 0 fully saturated rings. The fourth-order valence-corrected chi connectivity index (χ4v) is 3.46. The molecule has 20 heavy (non-hydrogen) atoms. The van der Waals surface area contributed by atoms with Gasteiger partial charge in [0.05, 0.1) is 13.1 Å². The Kier molecular flexibility index (Phi) is 3.62. The summed E-state index contributed by atoms with van der Waals surface area (Å²) in [6, 6.07) is 7.45. The van der Waals surface area contributed by atoms with Crippen LogP contribution in [0.1, 0.15) is 0 Å². The Labute approximate surface area is 130 Å². The van der Waals surface area contributed by atoms with E-state index in [9.17, 15) is 9.30 Å². The number of hydrogen-bond donors (Lipinski definition) is 0. The molecular weight excluding hydrogens is 394 g/mol. The molecule has 3 rings (SSSR count). The lowest BCUT2D eigenvalue weighted by Crippen LogP contribution is -1.88. The summed E-state index contributed by atoms with van der Waals surface area (Å²) in [5, 5.41) is 2.68. The summed E-state index contributed by atoms with van der Waals surface area (Å²) in [5.74, 6) is -0.0414. The van der Waals surface area contributed by atoms with Crippen LogP contribution in [0.25, 0.3) is 10.2 Å². The number of fused-ring (bicyclic) bond motifs is 1. The molecule has 2 heterocycles. The van der Waals surface area contributed by atoms with Gasteiger partial charge in [-0.3, -0.25) is 4.98 Å². The van der Waals surface area contributed by atoms with Crippen LogP contribution in [0.3, 0.4) is 0 Å². The summed E-state index contributed by atoms with van der Waals surface area (Å²) >= 11 is 3.72. The van der Waals surface area contributed by atoms with Gasteiger partial charge < -0.3 is 4.74 Å². The molecule has 1 aromatic carbocycles. The SMILES string of the molecule is O=Nc1ccc(Oc2ccnc3cc(I)sc23)c(F)c1. The number of hydrogen-bond acceptors (Lipinski definition) is 5. The lowest BCUT2D eigenvalue weighted by atomic mass is 10.3. The van der Waals surface area contributed by atoms with Crippen molar-refractivity contribution in [2.75, 3.05) is 0 Å². The highest BCUT2D eigenvalue weighted by molar-refractivity contribution is 14.1. The van der Waals surface area contributed by atoms with Gasteiger partial charge in [-0.25, -0.2) is 4.39 Å². The molecule has 0 aliphatic heterocycles. The van der Waals surface area contributed by atoms with Crippen LogP contribution >= 0.6 is 33.9 Å². The smallest absolute Gasteiger partial charge is 0.167 e. The molecule has 0 amide bonds. The lowest BCUT2D eigenvalue weighted by Gasteiger charge is -2.07. The van der Waals surface area contributed by atoms with Crippen molar-refractivity contribution in [2.45, 2.75) is 0 Å². The average Bonchev–Trinajstić information content (AvgIpc) is 2.82. The molecule has 0 aliphatic carbocycles. The van der Waals surface area contributed by atoms with Gasteiger partial charge in [-0.1, -0.05) is 0 Å². The van der Waals surface area contributed by atoms with Gasteiger partial charge in [0.25, 0.3) is 0 Å². The summed E-state index contributed by atoms with van der Waals surface area (Å²) in [5.41, 5.74) is 0.837. The number of aromatic nitrogens is 1. The minimum atomic E-state index is -0.627. The van der Waals surface area contributed by atoms with E-state index < -0.39 is 5.82 Å². The van der Waals surface area contributed by atoms with Crippen molar-refractivity contribution in [3.8, 4) is 11.5 Å². The predicted octanol–water partition coefficient (Wildman–Crippen LogP) is 5.23. The zero-order valence-electron chi connectivity index (χ0n) is 9.84. The van der Waals surface area contributed by atoms with Crippen LogP contribution in [-0.2, 0) is 0 Å². The van der Waals surface area contributed by atoms with Crippen molar-refractivity contribution in [3.63, 3.8) is 0 Å². The van der Waals surface area contributed by atoms with Gasteiger partial charge in [-0.15, -0.1) is 16.2 Å². The second-order valence-electron chi connectivity index (χ2n) is 3.88. The Bertz CT molecular complexity index is 806. The van der Waals surface area contributed by atoms with E-state index in [0.717, 1.165) is 19.2 Å². The van der Waals surface area contributed by atoms with E-state index >= 15 is 0 Å². The van der Waals surface area contributed by atoms with Crippen molar-refractivity contribution >= 4 is 49.8 Å². The standard InChI is InChI=1S/C13H6FIN2O2S/c14-8-5-7(17-18)1-2-10(8)19-11-3-4-16-9-6-12(15)20-13(9)11/h1-6H. The van der Waals surface area contributed by atoms with E-state index in [-0.39, 0.29) is 11.4 Å². The van der Waals surface area contributed by atoms with E-state index in [1.165, 1.54) is 23.5 Å². The van der Waals surface area contributed by atoms with Crippen LogP contribution in [0.4, 0.5) is 10.1 Å². The fourth-order valence-electron chi connectivity index (χ4n) is 1.71. The third kappa shape index (κ3) is 2.50. The third-order valence-electron chi connectivity index (χ3n) is 2.59. The zero-order valence-corrected chi connectivity index (χ0v) is 12.8. The number of rotatable bonds is 3. The second-order valence-corrected chi connectivity index (χ2v) is 6.83. The summed E-state index contributed by atoms with van der Waals surface area (Å²) in [4.78, 5) is 14.6. The second kappa shape index (κ2) is 5.41. The van der Waals surface area contributed by atoms with Crippen molar-refractivity contribution in [1.82, 2.24) is 4.98 Å². The summed E-state index contributed by atoms with van der Waals surface area (Å²) in [7, 11) is 0. The maximum absolute atomic E-state index is 13.8. The number of benzene rings is 1. The minimum absolute atomic E-state index is 0.0281. The van der Waals surface area contributed by atoms with Crippen LogP contribution in [0.2, 0.25) is 0 Å². The Balaban J connectivity index is 2.03. The summed E-state index contributed by atoms with van der Waals surface area (Å²) in [6.45, 7) is 0. The zero-order chi connectivity index (χ0) is 14.1. The van der Waals surface area contributed by atoms with E-state index in [2.05, 4.69) is 32.8 Å². The number of nitrogens with zero attached hydrogens (tertiary/aromatic N) is 2. The van der Waals surface area contributed by atoms with Crippen molar-refractivity contribution in [2.24, 2.45) is 5.18 Å². The number of halogens is 2. The highest BCUT2D eigenvalue weighted by Gasteiger charge is 2.11. The van der Waals surface area contributed by atoms with Crippen LogP contribution in [0.5, 0.6) is 11.5 Å². The average molecular weight is 400 g/mol. The van der Waals surface area contributed by atoms with Crippen molar-refractivity contribution < 1.29 is 9.13 Å². The van der Waals surface area contributed by atoms with Crippen LogP contribution in [0.15, 0.2) is 41.7 Å². The van der Waals surface area contributed by atoms with Gasteiger partial charge in [0.1, 0.15) is 11.4 Å². The first-order valence-electron chi connectivity index (χ1n) is 5.52. The minimum Gasteiger partial charge on any atom is -0.453 e. The third-order valence-corrected chi connectivity index (χ3v) is 4.49. The summed E-state index contributed by atoms with van der Waals surface area (Å²) in [6.07, 6.45) is 1.61. The van der Waals surface area contributed by atoms with Crippen molar-refractivity contribution in [1.29, 1.82) is 0 Å². The van der Waals surface area contributed by atoms with E-state index in [1.54, 1.807) is 12.3 Å². The Morgan fingerprint density at radius 1 is 1.25 bits per heavy atom. The molecular formula is C13H6FIN2O2S. The maximum Gasteiger partial charge on any atom is 0.167 e. The summed E-state index contributed by atoms with van der Waals surface area (Å²) < 4.78 is 21.3. The number of thiophene rings is 1. The van der Waals surface area contributed by atoms with Crippen LogP contribution < -0.4 is 4.74 Å². The topological polar surface area (TPSA) is 51.5 Å². The number of ether oxygens (including phenoxy) is 1. The molecule has 7 heteroatoms. The molecule has 0 saturated carbocycles. The van der Waals surface area contributed by atoms with Gasteiger partial charge in [-0.05, 0) is 46.0 Å². The highest BCUT2D eigenvalue weighted by Crippen LogP contribution is 2.36. The molecule has 0 N–H and O–H groups in total. The molecule has 0 aliphatic rings. The van der Waals surface area contributed by atoms with Gasteiger partial charge in [0.2, 0.25) is 0 Å². The number of nitroso groups, excluding NO2 is 1. The lowest BCUT2D eigenvalue weighted by molar-refractivity contribution is 0.447. The first kappa shape index (κ1) is 13.4. The van der Waals surface area contributed by atoms with Crippen LogP contribution in [0, 0.1) is 13.6 Å². The highest BCUT2D eigenvalue weighted by atomic mass is 127. The monoisotopic (exact) mass is 400 g/mol. The molecule has 0 bridgehead atoms. The molecule has 2 aromatic heterocycles. The quantitative estimate of drug-likeness (QED) is 0.447. The Hall–Kier alpha value is -1.61. The molecule has 3 aromatic rings. The van der Waals surface area contributed by atoms with Gasteiger partial charge in [0.15, 0.2) is 11.6 Å². The molecule has 100 valence electrons.